The summed E-state index contributed by atoms with van der Waals surface area (Å²) in [7, 11) is 0. The van der Waals surface area contributed by atoms with Gasteiger partial charge in [0.1, 0.15) is 17.1 Å². The topological polar surface area (TPSA) is 75.6 Å². The van der Waals surface area contributed by atoms with E-state index in [2.05, 4.69) is 53.1 Å². The monoisotopic (exact) mass is 523 g/mol. The minimum atomic E-state index is -0.888. The first-order chi connectivity index (χ1) is 11.3. The Morgan fingerprint density at radius 2 is 1.83 bits per heavy atom. The van der Waals surface area contributed by atoms with Crippen LogP contribution in [0.25, 0.3) is 0 Å². The highest BCUT2D eigenvalue weighted by Crippen LogP contribution is 2.32. The third kappa shape index (κ3) is 4.78. The van der Waals surface area contributed by atoms with E-state index in [4.69, 9.17) is 4.74 Å². The summed E-state index contributed by atoms with van der Waals surface area (Å²) >= 11 is 9.37. The molecule has 0 spiro atoms. The van der Waals surface area contributed by atoms with E-state index in [1.54, 1.807) is 12.1 Å². The van der Waals surface area contributed by atoms with Gasteiger partial charge in [-0.05, 0) is 46.3 Å². The summed E-state index contributed by atoms with van der Waals surface area (Å²) in [6.07, 6.45) is 0. The van der Waals surface area contributed by atoms with E-state index in [0.29, 0.717) is 13.4 Å². The van der Waals surface area contributed by atoms with Gasteiger partial charge in [-0.2, -0.15) is 0 Å². The van der Waals surface area contributed by atoms with Crippen molar-refractivity contribution < 1.29 is 23.8 Å². The minimum Gasteiger partial charge on any atom is -0.506 e. The molecule has 24 heavy (non-hydrogen) atoms. The number of halogens is 4. The molecule has 0 unspecified atom stereocenters. The summed E-state index contributed by atoms with van der Waals surface area (Å²) in [6, 6.07) is 7.03. The highest BCUT2D eigenvalue weighted by atomic mass is 79.9. The molecule has 0 aromatic heterocycles. The smallest absolute Gasteiger partial charge is 0.342 e. The zero-order valence-corrected chi connectivity index (χ0v) is 16.5. The molecule has 2 aromatic carbocycles. The van der Waals surface area contributed by atoms with Crippen LogP contribution in [-0.4, -0.2) is 23.6 Å². The second kappa shape index (κ2) is 8.09. The van der Waals surface area contributed by atoms with Crippen molar-refractivity contribution in [3.8, 4) is 5.75 Å². The van der Waals surface area contributed by atoms with Crippen molar-refractivity contribution in [2.24, 2.45) is 0 Å². The SMILES string of the molecule is O=C(COC(=O)c1cc(Br)cc(Br)c1O)Nc1ccc(Br)cc1F. The Labute approximate surface area is 161 Å². The number of aromatic hydroxyl groups is 1. The van der Waals surface area contributed by atoms with Crippen LogP contribution < -0.4 is 5.32 Å². The van der Waals surface area contributed by atoms with Gasteiger partial charge in [0.15, 0.2) is 6.61 Å². The summed E-state index contributed by atoms with van der Waals surface area (Å²) in [5.74, 6) is -2.53. The van der Waals surface area contributed by atoms with Gasteiger partial charge in [0.05, 0.1) is 10.2 Å². The Bertz CT molecular complexity index is 814. The van der Waals surface area contributed by atoms with Gasteiger partial charge in [-0.1, -0.05) is 31.9 Å². The maximum atomic E-state index is 13.6. The van der Waals surface area contributed by atoms with Crippen LogP contribution in [0.3, 0.4) is 0 Å². The molecule has 0 radical (unpaired) electrons. The summed E-state index contributed by atoms with van der Waals surface area (Å²) in [5, 5.41) is 12.1. The second-order valence-corrected chi connectivity index (χ2v) is 7.22. The molecular weight excluding hydrogens is 517 g/mol. The molecule has 9 heteroatoms. The van der Waals surface area contributed by atoms with E-state index in [9.17, 15) is 19.1 Å². The maximum Gasteiger partial charge on any atom is 0.342 e. The quantitative estimate of drug-likeness (QED) is 0.572. The molecule has 1 amide bonds. The van der Waals surface area contributed by atoms with E-state index in [-0.39, 0.29) is 17.0 Å². The Kier molecular flexibility index (Phi) is 6.36. The lowest BCUT2D eigenvalue weighted by Gasteiger charge is -2.09. The van der Waals surface area contributed by atoms with Crippen molar-refractivity contribution in [2.75, 3.05) is 11.9 Å². The number of phenolic OH excluding ortho intramolecular Hbond substituents is 1. The van der Waals surface area contributed by atoms with Gasteiger partial charge >= 0.3 is 5.97 Å². The molecule has 0 aliphatic rings. The molecule has 2 rings (SSSR count). The highest BCUT2D eigenvalue weighted by molar-refractivity contribution is 9.11. The Balaban J connectivity index is 2.00. The molecule has 126 valence electrons. The average Bonchev–Trinajstić information content (AvgIpc) is 2.51. The number of ether oxygens (including phenoxy) is 1. The summed E-state index contributed by atoms with van der Waals surface area (Å²) in [6.45, 7) is -0.627. The Morgan fingerprint density at radius 3 is 2.50 bits per heavy atom. The number of hydrogen-bond donors (Lipinski definition) is 2. The molecule has 5 nitrogen and oxygen atoms in total. The first kappa shape index (κ1) is 18.9. The van der Waals surface area contributed by atoms with Crippen LogP contribution in [0, 0.1) is 5.82 Å². The van der Waals surface area contributed by atoms with Crippen molar-refractivity contribution in [1.29, 1.82) is 0 Å². The zero-order chi connectivity index (χ0) is 17.9. The van der Waals surface area contributed by atoms with Gasteiger partial charge in [0.25, 0.3) is 5.91 Å². The van der Waals surface area contributed by atoms with Crippen LogP contribution >= 0.6 is 47.8 Å². The summed E-state index contributed by atoms with van der Waals surface area (Å²) in [4.78, 5) is 23.7. The number of carbonyl (C=O) groups is 2. The molecule has 0 fully saturated rings. The highest BCUT2D eigenvalue weighted by Gasteiger charge is 2.18. The van der Waals surface area contributed by atoms with Gasteiger partial charge in [0, 0.05) is 8.95 Å². The number of rotatable bonds is 4. The molecule has 0 saturated carbocycles. The molecule has 2 aromatic rings. The van der Waals surface area contributed by atoms with Gasteiger partial charge in [0.2, 0.25) is 0 Å². The van der Waals surface area contributed by atoms with Crippen molar-refractivity contribution in [3.63, 3.8) is 0 Å². The lowest BCUT2D eigenvalue weighted by atomic mass is 10.2. The number of carbonyl (C=O) groups excluding carboxylic acids is 2. The Morgan fingerprint density at radius 1 is 1.12 bits per heavy atom. The van der Waals surface area contributed by atoms with E-state index in [0.717, 1.165) is 0 Å². The lowest BCUT2D eigenvalue weighted by Crippen LogP contribution is -2.21. The molecule has 2 N–H and O–H groups in total. The summed E-state index contributed by atoms with van der Waals surface area (Å²) < 4.78 is 19.8. The van der Waals surface area contributed by atoms with Crippen LogP contribution in [0.15, 0.2) is 43.7 Å². The van der Waals surface area contributed by atoms with E-state index in [1.165, 1.54) is 18.2 Å². The largest absolute Gasteiger partial charge is 0.506 e. The first-order valence-electron chi connectivity index (χ1n) is 6.38. The molecule has 0 heterocycles. The third-order valence-corrected chi connectivity index (χ3v) is 4.34. The van der Waals surface area contributed by atoms with Crippen molar-refractivity contribution in [2.45, 2.75) is 0 Å². The van der Waals surface area contributed by atoms with Gasteiger partial charge in [-0.25, -0.2) is 9.18 Å². The van der Waals surface area contributed by atoms with Crippen LogP contribution in [-0.2, 0) is 9.53 Å². The van der Waals surface area contributed by atoms with E-state index in [1.807, 2.05) is 0 Å². The second-order valence-electron chi connectivity index (χ2n) is 4.53. The number of benzene rings is 2. The molecular formula is C15H9Br3FNO4. The maximum absolute atomic E-state index is 13.6. The predicted octanol–water partition coefficient (Wildman–Crippen LogP) is 4.61. The molecule has 0 bridgehead atoms. The zero-order valence-electron chi connectivity index (χ0n) is 11.8. The van der Waals surface area contributed by atoms with E-state index < -0.39 is 24.3 Å². The van der Waals surface area contributed by atoms with Crippen molar-refractivity contribution >= 4 is 65.4 Å². The fourth-order valence-electron chi connectivity index (χ4n) is 1.71. The fraction of sp³-hybridized carbons (Fsp3) is 0.0667. The molecule has 0 atom stereocenters. The normalized spacial score (nSPS) is 10.3. The van der Waals surface area contributed by atoms with E-state index >= 15 is 0 Å². The third-order valence-electron chi connectivity index (χ3n) is 2.79. The van der Waals surface area contributed by atoms with Crippen LogP contribution in [0.1, 0.15) is 10.4 Å². The predicted molar refractivity (Wildman–Crippen MR) is 96.5 cm³/mol. The number of esters is 1. The van der Waals surface area contributed by atoms with Crippen LogP contribution in [0.4, 0.5) is 10.1 Å². The van der Waals surface area contributed by atoms with Crippen molar-refractivity contribution in [1.82, 2.24) is 0 Å². The van der Waals surface area contributed by atoms with Crippen LogP contribution in [0.5, 0.6) is 5.75 Å². The number of anilines is 1. The molecule has 0 aliphatic heterocycles. The number of hydrogen-bond acceptors (Lipinski definition) is 4. The van der Waals surface area contributed by atoms with Gasteiger partial charge in [-0.3, -0.25) is 4.79 Å². The summed E-state index contributed by atoms with van der Waals surface area (Å²) in [5.41, 5.74) is -0.147. The van der Waals surface area contributed by atoms with Gasteiger partial charge < -0.3 is 15.2 Å². The average molecular weight is 526 g/mol. The number of nitrogens with one attached hydrogen (secondary N) is 1. The number of amides is 1. The van der Waals surface area contributed by atoms with Crippen molar-refractivity contribution in [3.05, 3.63) is 55.1 Å². The Hall–Kier alpha value is -1.45. The number of phenols is 1. The fourth-order valence-corrected chi connectivity index (χ4v) is 3.27. The van der Waals surface area contributed by atoms with Gasteiger partial charge in [-0.15, -0.1) is 0 Å². The minimum absolute atomic E-state index is 0.0349. The molecule has 0 aliphatic carbocycles. The lowest BCUT2D eigenvalue weighted by molar-refractivity contribution is -0.119. The molecule has 0 saturated heterocycles. The first-order valence-corrected chi connectivity index (χ1v) is 8.76. The van der Waals surface area contributed by atoms with Crippen LogP contribution in [0.2, 0.25) is 0 Å². The standard InChI is InChI=1S/C15H9Br3FNO4/c16-7-1-2-12(11(19)5-7)20-13(21)6-24-15(23)9-3-8(17)4-10(18)14(9)22/h1-5,22H,6H2,(H,20,21).